The van der Waals surface area contributed by atoms with Gasteiger partial charge in [0, 0.05) is 31.2 Å². The van der Waals surface area contributed by atoms with E-state index in [1.165, 1.54) is 6.20 Å². The van der Waals surface area contributed by atoms with Gasteiger partial charge in [-0.05, 0) is 6.07 Å². The molecule has 6 nitrogen and oxygen atoms in total. The Morgan fingerprint density at radius 3 is 2.82 bits per heavy atom. The average molecular weight is 253 g/mol. The zero-order valence-electron chi connectivity index (χ0n) is 9.26. The highest BCUT2D eigenvalue weighted by Gasteiger charge is 2.20. The molecule has 1 unspecified atom stereocenters. The molecule has 7 heteroatoms. The number of rotatable bonds is 3. The van der Waals surface area contributed by atoms with Gasteiger partial charge in [0.15, 0.2) is 0 Å². The van der Waals surface area contributed by atoms with Gasteiger partial charge in [-0.1, -0.05) is 11.6 Å². The summed E-state index contributed by atoms with van der Waals surface area (Å²) in [7, 11) is 1.88. The molecule has 0 bridgehead atoms. The molecule has 0 aliphatic rings. The Morgan fingerprint density at radius 2 is 2.24 bits per heavy atom. The number of nitrogens with one attached hydrogen (secondary N) is 1. The van der Waals surface area contributed by atoms with Crippen LogP contribution in [0.5, 0.6) is 0 Å². The van der Waals surface area contributed by atoms with Gasteiger partial charge in [-0.15, -0.1) is 0 Å². The molecule has 90 valence electrons. The first kappa shape index (κ1) is 11.8. The summed E-state index contributed by atoms with van der Waals surface area (Å²) in [6.07, 6.45) is 5.01. The molecule has 17 heavy (non-hydrogen) atoms. The standard InChI is InChI=1S/C10H13ClN6/c1-17-3-2-14-10(17)8(16-13)7-4-6(11)5-15-9(7)12/h2-5,8,16H,13H2,1H3,(H2,12,15). The van der Waals surface area contributed by atoms with Crippen LogP contribution in [0.25, 0.3) is 0 Å². The van der Waals surface area contributed by atoms with Gasteiger partial charge in [0.25, 0.3) is 0 Å². The molecule has 0 saturated heterocycles. The third-order valence-electron chi connectivity index (χ3n) is 2.51. The second-order valence-corrected chi connectivity index (χ2v) is 4.06. The second kappa shape index (κ2) is 4.70. The third kappa shape index (κ3) is 2.23. The van der Waals surface area contributed by atoms with Crippen LogP contribution in [0.4, 0.5) is 5.82 Å². The van der Waals surface area contributed by atoms with Crippen LogP contribution in [0.15, 0.2) is 24.7 Å². The molecule has 1 atom stereocenters. The molecule has 0 aromatic carbocycles. The molecule has 2 heterocycles. The highest BCUT2D eigenvalue weighted by molar-refractivity contribution is 6.30. The lowest BCUT2D eigenvalue weighted by Crippen LogP contribution is -2.31. The number of aromatic nitrogens is 3. The van der Waals surface area contributed by atoms with E-state index >= 15 is 0 Å². The monoisotopic (exact) mass is 252 g/mol. The number of halogens is 1. The third-order valence-corrected chi connectivity index (χ3v) is 2.72. The van der Waals surface area contributed by atoms with Crippen LogP contribution in [-0.4, -0.2) is 14.5 Å². The van der Waals surface area contributed by atoms with E-state index in [1.807, 2.05) is 17.8 Å². The maximum atomic E-state index is 5.91. The van der Waals surface area contributed by atoms with Crippen LogP contribution in [0, 0.1) is 0 Å². The molecule has 2 aromatic rings. The highest BCUT2D eigenvalue weighted by Crippen LogP contribution is 2.25. The topological polar surface area (TPSA) is 94.8 Å². The van der Waals surface area contributed by atoms with Crippen molar-refractivity contribution in [3.8, 4) is 0 Å². The van der Waals surface area contributed by atoms with Crippen molar-refractivity contribution in [2.24, 2.45) is 12.9 Å². The normalized spacial score (nSPS) is 12.6. The maximum Gasteiger partial charge on any atom is 0.131 e. The van der Waals surface area contributed by atoms with Crippen LogP contribution >= 0.6 is 11.6 Å². The van der Waals surface area contributed by atoms with E-state index in [0.717, 1.165) is 5.82 Å². The molecule has 2 rings (SSSR count). The molecular formula is C10H13ClN6. The highest BCUT2D eigenvalue weighted by atomic mass is 35.5. The first-order valence-electron chi connectivity index (χ1n) is 4.97. The minimum absolute atomic E-state index is 0.346. The number of pyridine rings is 1. The smallest absolute Gasteiger partial charge is 0.131 e. The fraction of sp³-hybridized carbons (Fsp3) is 0.200. The molecule has 2 aromatic heterocycles. The summed E-state index contributed by atoms with van der Waals surface area (Å²) in [6.45, 7) is 0. The number of nitrogen functional groups attached to an aromatic ring is 1. The summed E-state index contributed by atoms with van der Waals surface area (Å²) in [5.74, 6) is 6.67. The maximum absolute atomic E-state index is 5.91. The van der Waals surface area contributed by atoms with E-state index in [4.69, 9.17) is 23.2 Å². The van der Waals surface area contributed by atoms with Crippen LogP contribution in [0.3, 0.4) is 0 Å². The summed E-state index contributed by atoms with van der Waals surface area (Å²) in [5.41, 5.74) is 9.19. The Hall–Kier alpha value is -1.63. The van der Waals surface area contributed by atoms with Gasteiger partial charge in [0.05, 0.1) is 5.02 Å². The van der Waals surface area contributed by atoms with Gasteiger partial charge < -0.3 is 10.3 Å². The largest absolute Gasteiger partial charge is 0.383 e. The van der Waals surface area contributed by atoms with Crippen molar-refractivity contribution in [1.29, 1.82) is 0 Å². The van der Waals surface area contributed by atoms with Crippen molar-refractivity contribution >= 4 is 17.4 Å². The molecule has 0 aliphatic carbocycles. The summed E-state index contributed by atoms with van der Waals surface area (Å²) in [5, 5.41) is 0.503. The summed E-state index contributed by atoms with van der Waals surface area (Å²) in [6, 6.07) is 1.38. The van der Waals surface area contributed by atoms with Gasteiger partial charge >= 0.3 is 0 Å². The Kier molecular flexibility index (Phi) is 3.28. The fourth-order valence-corrected chi connectivity index (χ4v) is 1.82. The SMILES string of the molecule is Cn1ccnc1C(NN)c1cc(Cl)cnc1N. The fourth-order valence-electron chi connectivity index (χ4n) is 1.66. The van der Waals surface area contributed by atoms with Gasteiger partial charge in [0.1, 0.15) is 17.7 Å². The summed E-state index contributed by atoms with van der Waals surface area (Å²) in [4.78, 5) is 8.23. The lowest BCUT2D eigenvalue weighted by Gasteiger charge is -2.17. The minimum atomic E-state index is -0.346. The van der Waals surface area contributed by atoms with E-state index < -0.39 is 0 Å². The van der Waals surface area contributed by atoms with Crippen LogP contribution in [0.2, 0.25) is 5.02 Å². The van der Waals surface area contributed by atoms with Crippen molar-refractivity contribution < 1.29 is 0 Å². The zero-order valence-corrected chi connectivity index (χ0v) is 10.0. The predicted molar refractivity (Wildman–Crippen MR) is 66.0 cm³/mol. The van der Waals surface area contributed by atoms with Gasteiger partial charge in [0.2, 0.25) is 0 Å². The molecule has 0 amide bonds. The molecule has 0 spiro atoms. The van der Waals surface area contributed by atoms with Gasteiger partial charge in [-0.3, -0.25) is 5.84 Å². The van der Waals surface area contributed by atoms with E-state index in [9.17, 15) is 0 Å². The molecule has 0 saturated carbocycles. The Morgan fingerprint density at radius 1 is 1.47 bits per heavy atom. The van der Waals surface area contributed by atoms with E-state index in [1.54, 1.807) is 12.3 Å². The molecule has 0 radical (unpaired) electrons. The number of hydrazine groups is 1. The molecule has 0 aliphatic heterocycles. The summed E-state index contributed by atoms with van der Waals surface area (Å²) < 4.78 is 1.85. The van der Waals surface area contributed by atoms with Crippen molar-refractivity contribution in [2.75, 3.05) is 5.73 Å². The Balaban J connectivity index is 2.49. The van der Waals surface area contributed by atoms with Crippen molar-refractivity contribution in [2.45, 2.75) is 6.04 Å². The number of imidazole rings is 1. The zero-order chi connectivity index (χ0) is 12.4. The number of anilines is 1. The van der Waals surface area contributed by atoms with E-state index in [-0.39, 0.29) is 6.04 Å². The lowest BCUT2D eigenvalue weighted by molar-refractivity contribution is 0.580. The second-order valence-electron chi connectivity index (χ2n) is 3.62. The van der Waals surface area contributed by atoms with Gasteiger partial charge in [-0.25, -0.2) is 15.4 Å². The number of hydrogen-bond donors (Lipinski definition) is 3. The van der Waals surface area contributed by atoms with E-state index in [2.05, 4.69) is 15.4 Å². The van der Waals surface area contributed by atoms with Crippen LogP contribution in [-0.2, 0) is 7.05 Å². The van der Waals surface area contributed by atoms with Gasteiger partial charge in [-0.2, -0.15) is 0 Å². The Labute approximate surface area is 104 Å². The summed E-state index contributed by atoms with van der Waals surface area (Å²) >= 11 is 5.91. The molecule has 5 N–H and O–H groups in total. The number of nitrogens with zero attached hydrogens (tertiary/aromatic N) is 3. The quantitative estimate of drug-likeness (QED) is 0.549. The number of hydrogen-bond acceptors (Lipinski definition) is 5. The average Bonchev–Trinajstić information content (AvgIpc) is 2.71. The van der Waals surface area contributed by atoms with Crippen molar-refractivity contribution in [3.05, 3.63) is 41.1 Å². The van der Waals surface area contributed by atoms with Crippen LogP contribution < -0.4 is 17.0 Å². The van der Waals surface area contributed by atoms with E-state index in [0.29, 0.717) is 16.4 Å². The first-order valence-corrected chi connectivity index (χ1v) is 5.35. The molecule has 0 fully saturated rings. The minimum Gasteiger partial charge on any atom is -0.383 e. The number of aryl methyl sites for hydroxylation is 1. The predicted octanol–water partition coefficient (Wildman–Crippen LogP) is 0.603. The molecular weight excluding hydrogens is 240 g/mol. The first-order chi connectivity index (χ1) is 8.13. The van der Waals surface area contributed by atoms with Crippen LogP contribution in [0.1, 0.15) is 17.4 Å². The lowest BCUT2D eigenvalue weighted by atomic mass is 10.1. The van der Waals surface area contributed by atoms with Crippen molar-refractivity contribution in [1.82, 2.24) is 20.0 Å². The number of nitrogens with two attached hydrogens (primary N) is 2. The van der Waals surface area contributed by atoms with Crippen molar-refractivity contribution in [3.63, 3.8) is 0 Å². The Bertz CT molecular complexity index is 523.